The van der Waals surface area contributed by atoms with E-state index in [9.17, 15) is 4.79 Å². The Hall–Kier alpha value is -1.68. The first-order chi connectivity index (χ1) is 9.65. The molecule has 0 spiro atoms. The van der Waals surface area contributed by atoms with Gasteiger partial charge in [0, 0.05) is 12.0 Å². The van der Waals surface area contributed by atoms with E-state index in [0.717, 1.165) is 19.3 Å². The van der Waals surface area contributed by atoms with E-state index in [0.29, 0.717) is 22.2 Å². The number of anilines is 1. The monoisotopic (exact) mass is 295 g/mol. The molecule has 1 aliphatic rings. The Labute approximate surface area is 123 Å². The Balaban J connectivity index is 2.17. The molecule has 0 heterocycles. The lowest BCUT2D eigenvalue weighted by Crippen LogP contribution is -2.23. The third-order valence-electron chi connectivity index (χ3n) is 3.37. The highest BCUT2D eigenvalue weighted by atomic mass is 35.5. The Kier molecular flexibility index (Phi) is 4.90. The molecule has 20 heavy (non-hydrogen) atoms. The van der Waals surface area contributed by atoms with Crippen LogP contribution in [-0.2, 0) is 4.79 Å². The first-order valence-electron chi connectivity index (χ1n) is 6.53. The second-order valence-corrected chi connectivity index (χ2v) is 5.06. The summed E-state index contributed by atoms with van der Waals surface area (Å²) in [4.78, 5) is 12.2. The fraction of sp³-hybridized carbons (Fsp3) is 0.400. The predicted molar refractivity (Wildman–Crippen MR) is 79.7 cm³/mol. The second-order valence-electron chi connectivity index (χ2n) is 4.66. The van der Waals surface area contributed by atoms with E-state index in [1.807, 2.05) is 6.08 Å². The molecule has 0 radical (unpaired) electrons. The van der Waals surface area contributed by atoms with Crippen molar-refractivity contribution in [1.82, 2.24) is 0 Å². The Morgan fingerprint density at radius 3 is 2.60 bits per heavy atom. The molecule has 2 rings (SSSR count). The zero-order valence-corrected chi connectivity index (χ0v) is 12.4. The summed E-state index contributed by atoms with van der Waals surface area (Å²) in [5.41, 5.74) is 0.567. The van der Waals surface area contributed by atoms with Crippen LogP contribution in [0.1, 0.15) is 19.3 Å². The zero-order chi connectivity index (χ0) is 14.5. The van der Waals surface area contributed by atoms with Gasteiger partial charge in [-0.2, -0.15) is 0 Å². The molecule has 0 unspecified atom stereocenters. The fourth-order valence-electron chi connectivity index (χ4n) is 2.22. The molecule has 5 heteroatoms. The summed E-state index contributed by atoms with van der Waals surface area (Å²) >= 11 is 6.08. The van der Waals surface area contributed by atoms with Crippen LogP contribution in [0.2, 0.25) is 5.02 Å². The van der Waals surface area contributed by atoms with Gasteiger partial charge in [-0.1, -0.05) is 23.8 Å². The fourth-order valence-corrected chi connectivity index (χ4v) is 2.47. The number of allylic oxidation sites excluding steroid dienone is 2. The lowest BCUT2D eigenvalue weighted by Gasteiger charge is -2.19. The quantitative estimate of drug-likeness (QED) is 0.863. The molecule has 4 nitrogen and oxygen atoms in total. The molecule has 1 aliphatic carbocycles. The van der Waals surface area contributed by atoms with E-state index in [1.165, 1.54) is 7.11 Å². The van der Waals surface area contributed by atoms with Crippen LogP contribution >= 0.6 is 11.6 Å². The topological polar surface area (TPSA) is 47.6 Å². The molecule has 0 saturated heterocycles. The van der Waals surface area contributed by atoms with Gasteiger partial charge in [0.15, 0.2) is 0 Å². The largest absolute Gasteiger partial charge is 0.495 e. The van der Waals surface area contributed by atoms with E-state index < -0.39 is 0 Å². The zero-order valence-electron chi connectivity index (χ0n) is 11.6. The van der Waals surface area contributed by atoms with Gasteiger partial charge in [-0.15, -0.1) is 0 Å². The Bertz CT molecular complexity index is 528. The number of amides is 1. The van der Waals surface area contributed by atoms with Gasteiger partial charge in [-0.05, 0) is 25.3 Å². The molecule has 1 N–H and O–H groups in total. The number of rotatable bonds is 4. The first-order valence-corrected chi connectivity index (χ1v) is 6.91. The molecule has 0 bridgehead atoms. The maximum atomic E-state index is 12.2. The molecule has 0 aromatic heterocycles. The van der Waals surface area contributed by atoms with Gasteiger partial charge in [0.05, 0.1) is 24.9 Å². The summed E-state index contributed by atoms with van der Waals surface area (Å²) in [6.45, 7) is 0. The summed E-state index contributed by atoms with van der Waals surface area (Å²) in [6, 6.07) is 3.31. The molecule has 1 aromatic carbocycles. The molecular formula is C15H18ClNO3. The predicted octanol–water partition coefficient (Wildman–Crippen LogP) is 3.65. The average Bonchev–Trinajstić information content (AvgIpc) is 2.48. The van der Waals surface area contributed by atoms with Crippen LogP contribution in [0.5, 0.6) is 11.5 Å². The molecule has 0 aliphatic heterocycles. The normalized spacial score (nSPS) is 17.6. The van der Waals surface area contributed by atoms with Crippen molar-refractivity contribution in [2.24, 2.45) is 5.92 Å². The summed E-state index contributed by atoms with van der Waals surface area (Å²) in [5, 5.41) is 3.32. The third kappa shape index (κ3) is 3.25. The maximum Gasteiger partial charge on any atom is 0.227 e. The van der Waals surface area contributed by atoms with Crippen molar-refractivity contribution in [2.75, 3.05) is 19.5 Å². The van der Waals surface area contributed by atoms with Gasteiger partial charge in [-0.3, -0.25) is 4.79 Å². The SMILES string of the molecule is COc1cc(OC)c(NC(=O)[C@@H]2CC=CCC2)cc1Cl. The molecule has 0 saturated carbocycles. The number of hydrogen-bond donors (Lipinski definition) is 1. The number of benzene rings is 1. The number of hydrogen-bond acceptors (Lipinski definition) is 3. The average molecular weight is 296 g/mol. The van der Waals surface area contributed by atoms with Gasteiger partial charge in [0.1, 0.15) is 11.5 Å². The van der Waals surface area contributed by atoms with E-state index in [4.69, 9.17) is 21.1 Å². The van der Waals surface area contributed by atoms with Crippen molar-refractivity contribution in [1.29, 1.82) is 0 Å². The van der Waals surface area contributed by atoms with Crippen molar-refractivity contribution >= 4 is 23.2 Å². The molecule has 108 valence electrons. The summed E-state index contributed by atoms with van der Waals surface area (Å²) < 4.78 is 10.4. The second kappa shape index (κ2) is 6.66. The third-order valence-corrected chi connectivity index (χ3v) is 3.67. The summed E-state index contributed by atoms with van der Waals surface area (Å²) in [7, 11) is 3.08. The minimum absolute atomic E-state index is 0.00517. The van der Waals surface area contributed by atoms with Crippen molar-refractivity contribution in [3.05, 3.63) is 29.3 Å². The molecule has 1 atom stereocenters. The van der Waals surface area contributed by atoms with E-state index in [-0.39, 0.29) is 11.8 Å². The minimum atomic E-state index is -0.00566. The van der Waals surface area contributed by atoms with Gasteiger partial charge in [0.25, 0.3) is 0 Å². The van der Waals surface area contributed by atoms with Crippen LogP contribution in [-0.4, -0.2) is 20.1 Å². The Morgan fingerprint density at radius 2 is 2.00 bits per heavy atom. The molecule has 0 fully saturated rings. The number of carbonyl (C=O) groups excluding carboxylic acids is 1. The number of halogens is 1. The summed E-state index contributed by atoms with van der Waals surface area (Å²) in [5.74, 6) is 1.05. The highest BCUT2D eigenvalue weighted by Gasteiger charge is 2.20. The lowest BCUT2D eigenvalue weighted by molar-refractivity contribution is -0.120. The van der Waals surface area contributed by atoms with Gasteiger partial charge >= 0.3 is 0 Å². The number of methoxy groups -OCH3 is 2. The van der Waals surface area contributed by atoms with Crippen molar-refractivity contribution in [3.63, 3.8) is 0 Å². The van der Waals surface area contributed by atoms with Crippen LogP contribution in [0.25, 0.3) is 0 Å². The van der Waals surface area contributed by atoms with Gasteiger partial charge in [0.2, 0.25) is 5.91 Å². The molecule has 1 amide bonds. The van der Waals surface area contributed by atoms with Crippen molar-refractivity contribution in [3.8, 4) is 11.5 Å². The number of nitrogens with one attached hydrogen (secondary N) is 1. The van der Waals surface area contributed by atoms with Crippen LogP contribution in [0.3, 0.4) is 0 Å². The standard InChI is InChI=1S/C15H18ClNO3/c1-19-13-9-14(20-2)12(8-11(13)16)17-15(18)10-6-4-3-5-7-10/h3-4,8-10H,5-7H2,1-2H3,(H,17,18)/t10-/m1/s1. The van der Waals surface area contributed by atoms with Crippen molar-refractivity contribution in [2.45, 2.75) is 19.3 Å². The van der Waals surface area contributed by atoms with E-state index in [1.54, 1.807) is 19.2 Å². The lowest BCUT2D eigenvalue weighted by atomic mass is 9.93. The van der Waals surface area contributed by atoms with E-state index >= 15 is 0 Å². The highest BCUT2D eigenvalue weighted by molar-refractivity contribution is 6.32. The van der Waals surface area contributed by atoms with Crippen LogP contribution < -0.4 is 14.8 Å². The maximum absolute atomic E-state index is 12.2. The van der Waals surface area contributed by atoms with Gasteiger partial charge < -0.3 is 14.8 Å². The summed E-state index contributed by atoms with van der Waals surface area (Å²) in [6.07, 6.45) is 6.74. The smallest absolute Gasteiger partial charge is 0.227 e. The highest BCUT2D eigenvalue weighted by Crippen LogP contribution is 2.36. The van der Waals surface area contributed by atoms with Crippen LogP contribution in [0.15, 0.2) is 24.3 Å². The number of carbonyl (C=O) groups is 1. The van der Waals surface area contributed by atoms with E-state index in [2.05, 4.69) is 11.4 Å². The Morgan fingerprint density at radius 1 is 1.25 bits per heavy atom. The van der Waals surface area contributed by atoms with Crippen LogP contribution in [0.4, 0.5) is 5.69 Å². The minimum Gasteiger partial charge on any atom is -0.495 e. The van der Waals surface area contributed by atoms with Gasteiger partial charge in [-0.25, -0.2) is 0 Å². The molecule has 1 aromatic rings. The molecular weight excluding hydrogens is 278 g/mol. The van der Waals surface area contributed by atoms with Crippen molar-refractivity contribution < 1.29 is 14.3 Å². The van der Waals surface area contributed by atoms with Crippen LogP contribution in [0, 0.1) is 5.92 Å². The number of ether oxygens (including phenoxy) is 2. The first kappa shape index (κ1) is 14.7.